The van der Waals surface area contributed by atoms with Gasteiger partial charge in [0.1, 0.15) is 5.75 Å². The van der Waals surface area contributed by atoms with E-state index in [2.05, 4.69) is 24.4 Å². The highest BCUT2D eigenvalue weighted by Crippen LogP contribution is 2.20. The molecule has 0 aliphatic heterocycles. The summed E-state index contributed by atoms with van der Waals surface area (Å²) in [6.45, 7) is 11.8. The van der Waals surface area contributed by atoms with Gasteiger partial charge >= 0.3 is 0 Å². The van der Waals surface area contributed by atoms with Crippen LogP contribution in [0.2, 0.25) is 0 Å². The van der Waals surface area contributed by atoms with Crippen LogP contribution in [0.15, 0.2) is 24.3 Å². The van der Waals surface area contributed by atoms with Crippen molar-refractivity contribution in [3.63, 3.8) is 0 Å². The van der Waals surface area contributed by atoms with Gasteiger partial charge in [-0.1, -0.05) is 12.1 Å². The van der Waals surface area contributed by atoms with Gasteiger partial charge < -0.3 is 15.2 Å². The normalized spacial score (nSPS) is 15.4. The van der Waals surface area contributed by atoms with E-state index in [4.69, 9.17) is 4.74 Å². The maximum atomic E-state index is 9.94. The maximum Gasteiger partial charge on any atom is 0.119 e. The Hall–Kier alpha value is -1.06. The smallest absolute Gasteiger partial charge is 0.119 e. The van der Waals surface area contributed by atoms with E-state index in [1.165, 1.54) is 5.56 Å². The molecule has 2 atom stereocenters. The Morgan fingerprint density at radius 2 is 1.58 bits per heavy atom. The molecule has 19 heavy (non-hydrogen) atoms. The van der Waals surface area contributed by atoms with E-state index in [-0.39, 0.29) is 18.2 Å². The third-order valence-corrected chi connectivity index (χ3v) is 3.31. The predicted octanol–water partition coefficient (Wildman–Crippen LogP) is 3.28. The van der Waals surface area contributed by atoms with Crippen LogP contribution in [-0.2, 0) is 0 Å². The summed E-state index contributed by atoms with van der Waals surface area (Å²) in [7, 11) is 0. The number of benzene rings is 1. The first-order chi connectivity index (χ1) is 8.70. The molecule has 0 radical (unpaired) electrons. The highest BCUT2D eigenvalue weighted by atomic mass is 16.5. The van der Waals surface area contributed by atoms with Crippen LogP contribution in [0.5, 0.6) is 5.75 Å². The van der Waals surface area contributed by atoms with E-state index in [1.54, 1.807) is 0 Å². The zero-order valence-corrected chi connectivity index (χ0v) is 12.9. The Kier molecular flexibility index (Phi) is 5.39. The van der Waals surface area contributed by atoms with Gasteiger partial charge in [-0.05, 0) is 59.2 Å². The lowest BCUT2D eigenvalue weighted by Crippen LogP contribution is -2.45. The van der Waals surface area contributed by atoms with Crippen LogP contribution in [-0.4, -0.2) is 22.9 Å². The zero-order chi connectivity index (χ0) is 14.6. The van der Waals surface area contributed by atoms with E-state index < -0.39 is 5.60 Å². The maximum absolute atomic E-state index is 9.94. The zero-order valence-electron chi connectivity index (χ0n) is 12.9. The first-order valence-electron chi connectivity index (χ1n) is 6.95. The molecule has 0 aliphatic carbocycles. The fourth-order valence-corrected chi connectivity index (χ4v) is 1.78. The molecule has 2 N–H and O–H groups in total. The summed E-state index contributed by atoms with van der Waals surface area (Å²) in [6.07, 6.45) is 0.191. The van der Waals surface area contributed by atoms with Gasteiger partial charge in [0, 0.05) is 12.1 Å². The molecule has 3 nitrogen and oxygen atoms in total. The van der Waals surface area contributed by atoms with Crippen molar-refractivity contribution in [2.45, 2.75) is 65.3 Å². The van der Waals surface area contributed by atoms with Crippen molar-refractivity contribution in [1.29, 1.82) is 0 Å². The number of hydrogen-bond donors (Lipinski definition) is 2. The van der Waals surface area contributed by atoms with Gasteiger partial charge in [-0.2, -0.15) is 0 Å². The predicted molar refractivity (Wildman–Crippen MR) is 79.5 cm³/mol. The lowest BCUT2D eigenvalue weighted by atomic mass is 9.98. The van der Waals surface area contributed by atoms with Crippen molar-refractivity contribution in [3.05, 3.63) is 29.8 Å². The number of hydrogen-bond acceptors (Lipinski definition) is 3. The third-order valence-electron chi connectivity index (χ3n) is 3.31. The van der Waals surface area contributed by atoms with Crippen LogP contribution in [0.1, 0.15) is 53.1 Å². The minimum atomic E-state index is -0.727. The molecule has 0 heterocycles. The van der Waals surface area contributed by atoms with Gasteiger partial charge in [-0.3, -0.25) is 0 Å². The third kappa shape index (κ3) is 5.21. The Morgan fingerprint density at radius 1 is 1.05 bits per heavy atom. The van der Waals surface area contributed by atoms with Crippen LogP contribution < -0.4 is 10.1 Å². The molecule has 108 valence electrons. The Bertz CT molecular complexity index is 379. The molecule has 0 aromatic heterocycles. The molecule has 0 fully saturated rings. The van der Waals surface area contributed by atoms with Gasteiger partial charge in [0.05, 0.1) is 11.7 Å². The van der Waals surface area contributed by atoms with E-state index in [9.17, 15) is 5.11 Å². The van der Waals surface area contributed by atoms with Gasteiger partial charge in [0.2, 0.25) is 0 Å². The molecule has 1 aromatic carbocycles. The second kappa shape index (κ2) is 6.40. The minimum Gasteiger partial charge on any atom is -0.491 e. The number of ether oxygens (including phenoxy) is 1. The SMILES string of the molecule is CC(C)Oc1ccc(C(C)NC(C)C(C)(C)O)cc1. The summed E-state index contributed by atoms with van der Waals surface area (Å²) < 4.78 is 5.62. The highest BCUT2D eigenvalue weighted by molar-refractivity contribution is 5.29. The highest BCUT2D eigenvalue weighted by Gasteiger charge is 2.23. The van der Waals surface area contributed by atoms with E-state index in [0.717, 1.165) is 5.75 Å². The van der Waals surface area contributed by atoms with Gasteiger partial charge in [0.25, 0.3) is 0 Å². The first kappa shape index (κ1) is 16.0. The summed E-state index contributed by atoms with van der Waals surface area (Å²) in [4.78, 5) is 0. The van der Waals surface area contributed by atoms with Crippen LogP contribution in [0.3, 0.4) is 0 Å². The molecule has 0 aliphatic rings. The summed E-state index contributed by atoms with van der Waals surface area (Å²) >= 11 is 0. The van der Waals surface area contributed by atoms with Crippen molar-refractivity contribution in [2.75, 3.05) is 0 Å². The van der Waals surface area contributed by atoms with Gasteiger partial charge in [-0.25, -0.2) is 0 Å². The molecule has 0 saturated carbocycles. The number of aliphatic hydroxyl groups is 1. The van der Waals surface area contributed by atoms with Crippen LogP contribution in [0.4, 0.5) is 0 Å². The van der Waals surface area contributed by atoms with Crippen LogP contribution in [0.25, 0.3) is 0 Å². The molecule has 2 unspecified atom stereocenters. The molecule has 0 bridgehead atoms. The molecule has 0 amide bonds. The first-order valence-corrected chi connectivity index (χ1v) is 6.95. The Morgan fingerprint density at radius 3 is 2.00 bits per heavy atom. The summed E-state index contributed by atoms with van der Waals surface area (Å²) in [5, 5.41) is 13.3. The van der Waals surface area contributed by atoms with E-state index in [0.29, 0.717) is 0 Å². The summed E-state index contributed by atoms with van der Waals surface area (Å²) in [5.74, 6) is 0.890. The minimum absolute atomic E-state index is 0.0223. The lowest BCUT2D eigenvalue weighted by molar-refractivity contribution is 0.0405. The average molecular weight is 265 g/mol. The van der Waals surface area contributed by atoms with Crippen molar-refractivity contribution in [3.8, 4) is 5.75 Å². The Balaban J connectivity index is 2.65. The van der Waals surface area contributed by atoms with E-state index >= 15 is 0 Å². The number of nitrogens with one attached hydrogen (secondary N) is 1. The number of rotatable bonds is 6. The van der Waals surface area contributed by atoms with Gasteiger partial charge in [-0.15, -0.1) is 0 Å². The molecule has 0 spiro atoms. The van der Waals surface area contributed by atoms with E-state index in [1.807, 2.05) is 46.8 Å². The summed E-state index contributed by atoms with van der Waals surface area (Å²) in [6, 6.07) is 8.31. The summed E-state index contributed by atoms with van der Waals surface area (Å²) in [5.41, 5.74) is 0.460. The molecule has 0 saturated heterocycles. The molecular weight excluding hydrogens is 238 g/mol. The molecule has 1 rings (SSSR count). The van der Waals surface area contributed by atoms with Crippen molar-refractivity contribution < 1.29 is 9.84 Å². The topological polar surface area (TPSA) is 41.5 Å². The van der Waals surface area contributed by atoms with Crippen LogP contribution >= 0.6 is 0 Å². The van der Waals surface area contributed by atoms with Crippen molar-refractivity contribution in [2.24, 2.45) is 0 Å². The molecule has 3 heteroatoms. The second-order valence-electron chi connectivity index (χ2n) is 6.00. The quantitative estimate of drug-likeness (QED) is 0.829. The second-order valence-corrected chi connectivity index (χ2v) is 6.00. The van der Waals surface area contributed by atoms with Gasteiger partial charge in [0.15, 0.2) is 0 Å². The van der Waals surface area contributed by atoms with Crippen molar-refractivity contribution >= 4 is 0 Å². The van der Waals surface area contributed by atoms with Crippen LogP contribution in [0, 0.1) is 0 Å². The fourth-order valence-electron chi connectivity index (χ4n) is 1.78. The molecular formula is C16H27NO2. The molecule has 1 aromatic rings. The lowest BCUT2D eigenvalue weighted by Gasteiger charge is -2.30. The Labute approximate surface area is 117 Å². The average Bonchev–Trinajstić information content (AvgIpc) is 2.27. The fraction of sp³-hybridized carbons (Fsp3) is 0.625. The standard InChI is InChI=1S/C16H27NO2/c1-11(2)19-15-9-7-14(8-10-15)12(3)17-13(4)16(5,6)18/h7-13,17-18H,1-6H3. The largest absolute Gasteiger partial charge is 0.491 e. The monoisotopic (exact) mass is 265 g/mol. The van der Waals surface area contributed by atoms with Crippen molar-refractivity contribution in [1.82, 2.24) is 5.32 Å².